The standard InChI is InChI=1S/C24H22N4O/c1-29-24-14-19(9-10-20(24)15-25)16-26-12-11-18-5-4-6-21(13-18)28-17-27-22-7-2-3-8-23(22)28/h2-10,13-14,17,26H,11-12,16H2,1H3. The summed E-state index contributed by atoms with van der Waals surface area (Å²) in [6, 6.07) is 24.5. The van der Waals surface area contributed by atoms with Crippen LogP contribution >= 0.6 is 0 Å². The molecule has 0 saturated carbocycles. The van der Waals surface area contributed by atoms with Gasteiger partial charge < -0.3 is 10.1 Å². The first kappa shape index (κ1) is 18.7. The number of nitrogens with one attached hydrogen (secondary N) is 1. The van der Waals surface area contributed by atoms with Gasteiger partial charge in [-0.25, -0.2) is 4.98 Å². The minimum Gasteiger partial charge on any atom is -0.495 e. The Bertz CT molecular complexity index is 1170. The fourth-order valence-corrected chi connectivity index (χ4v) is 3.43. The largest absolute Gasteiger partial charge is 0.495 e. The van der Waals surface area contributed by atoms with Gasteiger partial charge in [0.15, 0.2) is 0 Å². The highest BCUT2D eigenvalue weighted by Gasteiger charge is 2.06. The maximum Gasteiger partial charge on any atom is 0.136 e. The molecular formula is C24H22N4O. The Kier molecular flexibility index (Phi) is 5.55. The maximum absolute atomic E-state index is 9.08. The van der Waals surface area contributed by atoms with Gasteiger partial charge in [-0.15, -0.1) is 0 Å². The number of methoxy groups -OCH3 is 1. The van der Waals surface area contributed by atoms with E-state index in [1.807, 2.05) is 36.7 Å². The number of rotatable bonds is 7. The summed E-state index contributed by atoms with van der Waals surface area (Å²) in [6.45, 7) is 1.59. The van der Waals surface area contributed by atoms with Crippen molar-refractivity contribution in [2.24, 2.45) is 0 Å². The monoisotopic (exact) mass is 382 g/mol. The second-order valence-corrected chi connectivity index (χ2v) is 6.85. The number of fused-ring (bicyclic) bond motifs is 1. The lowest BCUT2D eigenvalue weighted by molar-refractivity contribution is 0.412. The Labute approximate surface area is 170 Å². The average Bonchev–Trinajstić information content (AvgIpc) is 3.21. The molecule has 0 radical (unpaired) electrons. The molecule has 0 atom stereocenters. The summed E-state index contributed by atoms with van der Waals surface area (Å²) in [6.07, 6.45) is 2.80. The molecule has 3 aromatic carbocycles. The number of ether oxygens (including phenoxy) is 1. The van der Waals surface area contributed by atoms with Crippen LogP contribution in [0.25, 0.3) is 16.7 Å². The van der Waals surface area contributed by atoms with Crippen LogP contribution < -0.4 is 10.1 Å². The van der Waals surface area contributed by atoms with E-state index in [1.54, 1.807) is 13.2 Å². The molecule has 0 unspecified atom stereocenters. The molecule has 0 aliphatic carbocycles. The number of nitriles is 1. The van der Waals surface area contributed by atoms with Gasteiger partial charge in [0, 0.05) is 12.2 Å². The molecule has 1 aromatic heterocycles. The molecular weight excluding hydrogens is 360 g/mol. The van der Waals surface area contributed by atoms with Crippen molar-refractivity contribution in [3.8, 4) is 17.5 Å². The zero-order chi connectivity index (χ0) is 20.1. The summed E-state index contributed by atoms with van der Waals surface area (Å²) in [5.74, 6) is 0.618. The van der Waals surface area contributed by atoms with Crippen LogP contribution in [0, 0.1) is 11.3 Å². The van der Waals surface area contributed by atoms with E-state index in [1.165, 1.54) is 5.56 Å². The number of para-hydroxylation sites is 2. The fourth-order valence-electron chi connectivity index (χ4n) is 3.43. The fraction of sp³-hybridized carbons (Fsp3) is 0.167. The van der Waals surface area contributed by atoms with Crippen molar-refractivity contribution in [3.63, 3.8) is 0 Å². The highest BCUT2D eigenvalue weighted by molar-refractivity contribution is 5.77. The van der Waals surface area contributed by atoms with Crippen molar-refractivity contribution in [2.75, 3.05) is 13.7 Å². The molecule has 0 aliphatic heterocycles. The molecule has 144 valence electrons. The summed E-state index contributed by atoms with van der Waals surface area (Å²) in [7, 11) is 1.59. The molecule has 0 bridgehead atoms. The van der Waals surface area contributed by atoms with Crippen molar-refractivity contribution in [3.05, 3.63) is 89.7 Å². The molecule has 5 heteroatoms. The maximum atomic E-state index is 9.08. The molecule has 1 N–H and O–H groups in total. The Morgan fingerprint density at radius 3 is 2.79 bits per heavy atom. The molecule has 0 spiro atoms. The molecule has 0 amide bonds. The Morgan fingerprint density at radius 1 is 1.03 bits per heavy atom. The normalized spacial score (nSPS) is 10.8. The minimum atomic E-state index is 0.556. The molecule has 0 fully saturated rings. The van der Waals surface area contributed by atoms with Crippen molar-refractivity contribution >= 4 is 11.0 Å². The van der Waals surface area contributed by atoms with Gasteiger partial charge in [-0.3, -0.25) is 4.57 Å². The predicted molar refractivity (Wildman–Crippen MR) is 114 cm³/mol. The van der Waals surface area contributed by atoms with Crippen LogP contribution in [-0.4, -0.2) is 23.2 Å². The van der Waals surface area contributed by atoms with Crippen molar-refractivity contribution in [1.29, 1.82) is 5.26 Å². The molecule has 1 heterocycles. The quantitative estimate of drug-likeness (QED) is 0.486. The van der Waals surface area contributed by atoms with Gasteiger partial charge in [0.05, 0.1) is 23.7 Å². The summed E-state index contributed by atoms with van der Waals surface area (Å²) in [5, 5.41) is 12.5. The first-order valence-corrected chi connectivity index (χ1v) is 9.57. The number of aromatic nitrogens is 2. The Morgan fingerprint density at radius 2 is 1.93 bits per heavy atom. The Balaban J connectivity index is 1.39. The highest BCUT2D eigenvalue weighted by atomic mass is 16.5. The van der Waals surface area contributed by atoms with Gasteiger partial charge in [-0.1, -0.05) is 30.3 Å². The van der Waals surface area contributed by atoms with Gasteiger partial charge in [0.25, 0.3) is 0 Å². The van der Waals surface area contributed by atoms with E-state index in [2.05, 4.69) is 51.3 Å². The van der Waals surface area contributed by atoms with E-state index in [0.29, 0.717) is 11.3 Å². The number of nitrogens with zero attached hydrogens (tertiary/aromatic N) is 3. The average molecular weight is 382 g/mol. The van der Waals surface area contributed by atoms with Crippen molar-refractivity contribution < 1.29 is 4.74 Å². The SMILES string of the molecule is COc1cc(CNCCc2cccc(-n3cnc4ccccc43)c2)ccc1C#N. The third-order valence-corrected chi connectivity index (χ3v) is 4.95. The number of benzene rings is 3. The minimum absolute atomic E-state index is 0.556. The molecule has 5 nitrogen and oxygen atoms in total. The van der Waals surface area contributed by atoms with Crippen LogP contribution in [0.4, 0.5) is 0 Å². The van der Waals surface area contributed by atoms with Crippen LogP contribution in [-0.2, 0) is 13.0 Å². The van der Waals surface area contributed by atoms with E-state index in [4.69, 9.17) is 10.00 Å². The first-order chi connectivity index (χ1) is 14.3. The first-order valence-electron chi connectivity index (χ1n) is 9.57. The number of imidazole rings is 1. The van der Waals surface area contributed by atoms with E-state index in [9.17, 15) is 0 Å². The van der Waals surface area contributed by atoms with E-state index in [0.717, 1.165) is 41.8 Å². The van der Waals surface area contributed by atoms with Crippen LogP contribution in [0.2, 0.25) is 0 Å². The van der Waals surface area contributed by atoms with E-state index in [-0.39, 0.29) is 0 Å². The molecule has 4 rings (SSSR count). The van der Waals surface area contributed by atoms with E-state index < -0.39 is 0 Å². The van der Waals surface area contributed by atoms with Crippen LogP contribution in [0.1, 0.15) is 16.7 Å². The summed E-state index contributed by atoms with van der Waals surface area (Å²) in [5.41, 5.74) is 6.15. The second-order valence-electron chi connectivity index (χ2n) is 6.85. The van der Waals surface area contributed by atoms with Gasteiger partial charge >= 0.3 is 0 Å². The van der Waals surface area contributed by atoms with Crippen LogP contribution in [0.15, 0.2) is 73.1 Å². The van der Waals surface area contributed by atoms with Gasteiger partial charge in [-0.05, 0) is 60.5 Å². The highest BCUT2D eigenvalue weighted by Crippen LogP contribution is 2.20. The van der Waals surface area contributed by atoms with Crippen molar-refractivity contribution in [2.45, 2.75) is 13.0 Å². The smallest absolute Gasteiger partial charge is 0.136 e. The van der Waals surface area contributed by atoms with Crippen LogP contribution in [0.3, 0.4) is 0 Å². The van der Waals surface area contributed by atoms with Crippen molar-refractivity contribution in [1.82, 2.24) is 14.9 Å². The topological polar surface area (TPSA) is 62.9 Å². The molecule has 4 aromatic rings. The zero-order valence-corrected chi connectivity index (χ0v) is 16.3. The summed E-state index contributed by atoms with van der Waals surface area (Å²) in [4.78, 5) is 4.48. The third-order valence-electron chi connectivity index (χ3n) is 4.95. The van der Waals surface area contributed by atoms with Gasteiger partial charge in [0.2, 0.25) is 0 Å². The van der Waals surface area contributed by atoms with E-state index >= 15 is 0 Å². The Hall–Kier alpha value is -3.62. The van der Waals surface area contributed by atoms with Gasteiger partial charge in [-0.2, -0.15) is 5.26 Å². The number of hydrogen-bond acceptors (Lipinski definition) is 4. The predicted octanol–water partition coefficient (Wildman–Crippen LogP) is 4.24. The molecule has 29 heavy (non-hydrogen) atoms. The lowest BCUT2D eigenvalue weighted by Crippen LogP contribution is -2.16. The third kappa shape index (κ3) is 4.13. The molecule has 0 aliphatic rings. The number of hydrogen-bond donors (Lipinski definition) is 1. The zero-order valence-electron chi connectivity index (χ0n) is 16.3. The second kappa shape index (κ2) is 8.59. The summed E-state index contributed by atoms with van der Waals surface area (Å²) >= 11 is 0. The van der Waals surface area contributed by atoms with Gasteiger partial charge in [0.1, 0.15) is 18.1 Å². The lowest BCUT2D eigenvalue weighted by atomic mass is 10.1. The molecule has 0 saturated heterocycles. The summed E-state index contributed by atoms with van der Waals surface area (Å²) < 4.78 is 7.39. The lowest BCUT2D eigenvalue weighted by Gasteiger charge is -2.10. The van der Waals surface area contributed by atoms with Crippen LogP contribution in [0.5, 0.6) is 5.75 Å².